The molecule has 1 amide bonds. The number of amides is 1. The molecule has 112 valence electrons. The van der Waals surface area contributed by atoms with Crippen LogP contribution in [-0.4, -0.2) is 32.4 Å². The third-order valence-electron chi connectivity index (χ3n) is 3.01. The van der Waals surface area contributed by atoms with Gasteiger partial charge in [-0.2, -0.15) is 0 Å². The molecule has 1 aliphatic heterocycles. The fourth-order valence-corrected chi connectivity index (χ4v) is 2.11. The van der Waals surface area contributed by atoms with Crippen LogP contribution < -0.4 is 16.0 Å². The zero-order valence-corrected chi connectivity index (χ0v) is 12.2. The molecule has 1 aliphatic rings. The molecule has 0 unspecified atom stereocenters. The summed E-state index contributed by atoms with van der Waals surface area (Å²) in [7, 11) is 1.66. The highest BCUT2D eigenvalue weighted by Crippen LogP contribution is 2.22. The van der Waals surface area contributed by atoms with Gasteiger partial charge >= 0.3 is 0 Å². The molecule has 6 nitrogen and oxygen atoms in total. The number of ether oxygens (including phenoxy) is 1. The van der Waals surface area contributed by atoms with Crippen LogP contribution in [0.1, 0.15) is 11.6 Å². The fraction of sp³-hybridized carbons (Fsp3) is 0.286. The van der Waals surface area contributed by atoms with Crippen LogP contribution in [0.3, 0.4) is 0 Å². The second kappa shape index (κ2) is 6.99. The first kappa shape index (κ1) is 15.2. The van der Waals surface area contributed by atoms with Crippen LogP contribution in [0.2, 0.25) is 5.02 Å². The number of nitrogens with one attached hydrogen (secondary N) is 3. The van der Waals surface area contributed by atoms with Gasteiger partial charge in [0.25, 0.3) is 5.91 Å². The molecule has 0 spiro atoms. The SMILES string of the molecule is CNC1=C(C(=O)NCC=O)N[C@H](c2ccc(Cl)cc2)CO1. The lowest BCUT2D eigenvalue weighted by molar-refractivity contribution is -0.120. The zero-order valence-electron chi connectivity index (χ0n) is 11.5. The van der Waals surface area contributed by atoms with Crippen molar-refractivity contribution in [2.75, 3.05) is 20.2 Å². The molecule has 21 heavy (non-hydrogen) atoms. The van der Waals surface area contributed by atoms with Gasteiger partial charge in [-0.15, -0.1) is 0 Å². The number of rotatable bonds is 5. The summed E-state index contributed by atoms with van der Waals surface area (Å²) in [5.41, 5.74) is 1.22. The van der Waals surface area contributed by atoms with Crippen molar-refractivity contribution < 1.29 is 14.3 Å². The third kappa shape index (κ3) is 3.66. The number of carbonyl (C=O) groups is 2. The van der Waals surface area contributed by atoms with Crippen LogP contribution in [0, 0.1) is 0 Å². The number of aldehydes is 1. The highest BCUT2D eigenvalue weighted by atomic mass is 35.5. The average molecular weight is 310 g/mol. The minimum atomic E-state index is -0.398. The number of carbonyl (C=O) groups excluding carboxylic acids is 2. The van der Waals surface area contributed by atoms with E-state index in [9.17, 15) is 9.59 Å². The number of halogens is 1. The molecule has 0 bridgehead atoms. The van der Waals surface area contributed by atoms with E-state index in [0.717, 1.165) is 5.56 Å². The summed E-state index contributed by atoms with van der Waals surface area (Å²) >= 11 is 5.86. The second-order valence-corrected chi connectivity index (χ2v) is 4.83. The Kier molecular flexibility index (Phi) is 5.05. The lowest BCUT2D eigenvalue weighted by Gasteiger charge is -2.29. The monoisotopic (exact) mass is 309 g/mol. The molecule has 0 radical (unpaired) electrons. The van der Waals surface area contributed by atoms with Gasteiger partial charge in [0, 0.05) is 12.1 Å². The summed E-state index contributed by atoms with van der Waals surface area (Å²) in [5, 5.41) is 9.06. The Balaban J connectivity index is 2.17. The minimum absolute atomic E-state index is 0.0490. The number of benzene rings is 1. The Morgan fingerprint density at radius 1 is 1.48 bits per heavy atom. The Hall–Kier alpha value is -2.21. The van der Waals surface area contributed by atoms with Crippen LogP contribution in [0.4, 0.5) is 0 Å². The molecule has 1 heterocycles. The molecular weight excluding hydrogens is 294 g/mol. The molecule has 3 N–H and O–H groups in total. The van der Waals surface area contributed by atoms with Gasteiger partial charge in [-0.1, -0.05) is 23.7 Å². The van der Waals surface area contributed by atoms with Gasteiger partial charge in [0.05, 0.1) is 12.6 Å². The molecule has 0 aliphatic carbocycles. The van der Waals surface area contributed by atoms with Crippen LogP contribution in [0.25, 0.3) is 0 Å². The van der Waals surface area contributed by atoms with E-state index in [-0.39, 0.29) is 18.3 Å². The highest BCUT2D eigenvalue weighted by molar-refractivity contribution is 6.30. The van der Waals surface area contributed by atoms with Gasteiger partial charge in [0.1, 0.15) is 12.9 Å². The zero-order chi connectivity index (χ0) is 15.2. The first-order valence-electron chi connectivity index (χ1n) is 6.44. The van der Waals surface area contributed by atoms with Gasteiger partial charge in [-0.25, -0.2) is 0 Å². The maximum absolute atomic E-state index is 12.0. The van der Waals surface area contributed by atoms with Crippen molar-refractivity contribution in [1.29, 1.82) is 0 Å². The Labute approximate surface area is 127 Å². The quantitative estimate of drug-likeness (QED) is 0.698. The van der Waals surface area contributed by atoms with Gasteiger partial charge < -0.3 is 25.5 Å². The van der Waals surface area contributed by atoms with Crippen LogP contribution in [-0.2, 0) is 14.3 Å². The van der Waals surface area contributed by atoms with E-state index in [4.69, 9.17) is 16.3 Å². The van der Waals surface area contributed by atoms with E-state index in [1.807, 2.05) is 12.1 Å². The van der Waals surface area contributed by atoms with Crippen LogP contribution in [0.5, 0.6) is 0 Å². The topological polar surface area (TPSA) is 79.5 Å². The van der Waals surface area contributed by atoms with Gasteiger partial charge in [0.15, 0.2) is 5.70 Å². The van der Waals surface area contributed by atoms with Gasteiger partial charge in [-0.3, -0.25) is 4.79 Å². The molecule has 7 heteroatoms. The van der Waals surface area contributed by atoms with Crippen molar-refractivity contribution in [3.05, 3.63) is 46.4 Å². The van der Waals surface area contributed by atoms with Gasteiger partial charge in [-0.05, 0) is 17.7 Å². The number of hydrogen-bond donors (Lipinski definition) is 3. The van der Waals surface area contributed by atoms with Crippen molar-refractivity contribution in [3.63, 3.8) is 0 Å². The normalized spacial score (nSPS) is 17.5. The third-order valence-corrected chi connectivity index (χ3v) is 3.26. The largest absolute Gasteiger partial charge is 0.475 e. The predicted octanol–water partition coefficient (Wildman–Crippen LogP) is 0.704. The van der Waals surface area contributed by atoms with Crippen molar-refractivity contribution in [2.45, 2.75) is 6.04 Å². The molecule has 0 saturated heterocycles. The maximum atomic E-state index is 12.0. The van der Waals surface area contributed by atoms with Crippen LogP contribution >= 0.6 is 11.6 Å². The molecule has 1 aromatic carbocycles. The fourth-order valence-electron chi connectivity index (χ4n) is 1.98. The molecular formula is C14H16ClN3O3. The summed E-state index contributed by atoms with van der Waals surface area (Å²) < 4.78 is 5.56. The minimum Gasteiger partial charge on any atom is -0.475 e. The Morgan fingerprint density at radius 3 is 2.81 bits per heavy atom. The molecule has 1 aromatic rings. The molecule has 0 saturated carbocycles. The summed E-state index contributed by atoms with van der Waals surface area (Å²) in [4.78, 5) is 22.4. The van der Waals surface area contributed by atoms with Crippen LogP contribution in [0.15, 0.2) is 35.8 Å². The maximum Gasteiger partial charge on any atom is 0.273 e. The lowest BCUT2D eigenvalue weighted by atomic mass is 10.1. The standard InChI is InChI=1S/C14H16ClN3O3/c1-16-14-12(13(20)17-6-7-19)18-11(8-21-14)9-2-4-10(15)5-3-9/h2-5,7,11,16,18H,6,8H2,1H3,(H,17,20)/t11-/m0/s1. The summed E-state index contributed by atoms with van der Waals surface area (Å²) in [5.74, 6) is -0.0475. The molecule has 0 fully saturated rings. The van der Waals surface area contributed by atoms with Crippen molar-refractivity contribution in [3.8, 4) is 0 Å². The Bertz CT molecular complexity index is 557. The summed E-state index contributed by atoms with van der Waals surface area (Å²) in [6, 6.07) is 7.13. The van der Waals surface area contributed by atoms with E-state index in [1.165, 1.54) is 0 Å². The molecule has 2 rings (SSSR count). The molecule has 1 atom stereocenters. The number of hydrogen-bond acceptors (Lipinski definition) is 5. The van der Waals surface area contributed by atoms with Crippen molar-refractivity contribution >= 4 is 23.8 Å². The predicted molar refractivity (Wildman–Crippen MR) is 78.4 cm³/mol. The highest BCUT2D eigenvalue weighted by Gasteiger charge is 2.26. The van der Waals surface area contributed by atoms with E-state index < -0.39 is 5.91 Å². The Morgan fingerprint density at radius 2 is 2.19 bits per heavy atom. The second-order valence-electron chi connectivity index (χ2n) is 4.39. The van der Waals surface area contributed by atoms with E-state index in [1.54, 1.807) is 19.2 Å². The van der Waals surface area contributed by atoms with Crippen molar-refractivity contribution in [2.24, 2.45) is 0 Å². The summed E-state index contributed by atoms with van der Waals surface area (Å²) in [6.45, 7) is 0.328. The smallest absolute Gasteiger partial charge is 0.273 e. The average Bonchev–Trinajstić information content (AvgIpc) is 2.52. The molecule has 0 aromatic heterocycles. The van der Waals surface area contributed by atoms with E-state index >= 15 is 0 Å². The van der Waals surface area contributed by atoms with E-state index in [2.05, 4.69) is 16.0 Å². The van der Waals surface area contributed by atoms with E-state index in [0.29, 0.717) is 23.8 Å². The van der Waals surface area contributed by atoms with Gasteiger partial charge in [0.2, 0.25) is 5.88 Å². The van der Waals surface area contributed by atoms with Crippen molar-refractivity contribution in [1.82, 2.24) is 16.0 Å². The summed E-state index contributed by atoms with van der Waals surface area (Å²) in [6.07, 6.45) is 0.623. The lowest BCUT2D eigenvalue weighted by Crippen LogP contribution is -2.42. The first-order valence-corrected chi connectivity index (χ1v) is 6.82. The first-order chi connectivity index (χ1) is 10.2.